The monoisotopic (exact) mass is 208 g/mol. The predicted octanol–water partition coefficient (Wildman–Crippen LogP) is 2.60. The molecular formula is C12H17FN2. The van der Waals surface area contributed by atoms with Gasteiger partial charge in [0.05, 0.1) is 6.04 Å². The molecule has 1 unspecified atom stereocenters. The van der Waals surface area contributed by atoms with E-state index in [-0.39, 0.29) is 11.9 Å². The topological polar surface area (TPSA) is 38.0 Å². The molecule has 2 nitrogen and oxygen atoms in total. The SMILES string of the molecule is CC(C)=CC(NN)c1ccc(C)cc1F. The molecule has 0 saturated carbocycles. The first kappa shape index (κ1) is 11.9. The second-order valence-corrected chi connectivity index (χ2v) is 3.91. The Morgan fingerprint density at radius 2 is 2.13 bits per heavy atom. The van der Waals surface area contributed by atoms with Gasteiger partial charge in [-0.2, -0.15) is 0 Å². The van der Waals surface area contributed by atoms with Crippen molar-refractivity contribution >= 4 is 0 Å². The second-order valence-electron chi connectivity index (χ2n) is 3.91. The third-order valence-corrected chi connectivity index (χ3v) is 2.17. The Bertz CT molecular complexity index is 368. The van der Waals surface area contributed by atoms with E-state index in [4.69, 9.17) is 5.84 Å². The zero-order valence-electron chi connectivity index (χ0n) is 9.34. The minimum atomic E-state index is -0.268. The number of aryl methyl sites for hydroxylation is 1. The Kier molecular flexibility index (Phi) is 4.00. The lowest BCUT2D eigenvalue weighted by atomic mass is 10.0. The van der Waals surface area contributed by atoms with Gasteiger partial charge in [0.2, 0.25) is 0 Å². The van der Waals surface area contributed by atoms with Crippen LogP contribution in [-0.4, -0.2) is 0 Å². The summed E-state index contributed by atoms with van der Waals surface area (Å²) < 4.78 is 13.6. The molecule has 15 heavy (non-hydrogen) atoms. The van der Waals surface area contributed by atoms with E-state index in [1.807, 2.05) is 32.9 Å². The third-order valence-electron chi connectivity index (χ3n) is 2.17. The number of hydrogen-bond acceptors (Lipinski definition) is 2. The van der Waals surface area contributed by atoms with Crippen molar-refractivity contribution < 1.29 is 4.39 Å². The largest absolute Gasteiger partial charge is 0.271 e. The summed E-state index contributed by atoms with van der Waals surface area (Å²) in [5.74, 6) is 5.17. The maximum absolute atomic E-state index is 13.6. The zero-order valence-corrected chi connectivity index (χ0v) is 9.34. The molecule has 1 rings (SSSR count). The lowest BCUT2D eigenvalue weighted by Crippen LogP contribution is -2.27. The normalized spacial score (nSPS) is 12.3. The minimum absolute atomic E-state index is 0.226. The lowest BCUT2D eigenvalue weighted by Gasteiger charge is -2.14. The highest BCUT2D eigenvalue weighted by molar-refractivity contribution is 5.29. The molecule has 3 heteroatoms. The number of nitrogens with one attached hydrogen (secondary N) is 1. The summed E-state index contributed by atoms with van der Waals surface area (Å²) in [5, 5.41) is 0. The van der Waals surface area contributed by atoms with Crippen LogP contribution in [-0.2, 0) is 0 Å². The molecule has 0 aliphatic heterocycles. The average molecular weight is 208 g/mol. The van der Waals surface area contributed by atoms with Crippen LogP contribution < -0.4 is 11.3 Å². The summed E-state index contributed by atoms with van der Waals surface area (Å²) in [6.45, 7) is 5.77. The Balaban J connectivity index is 3.07. The Labute approximate surface area is 90.0 Å². The van der Waals surface area contributed by atoms with E-state index in [9.17, 15) is 4.39 Å². The van der Waals surface area contributed by atoms with Crippen LogP contribution in [0.3, 0.4) is 0 Å². The maximum atomic E-state index is 13.6. The van der Waals surface area contributed by atoms with E-state index in [0.29, 0.717) is 5.56 Å². The summed E-state index contributed by atoms with van der Waals surface area (Å²) in [5.41, 5.74) is 5.17. The number of benzene rings is 1. The number of hydrogen-bond donors (Lipinski definition) is 2. The van der Waals surface area contributed by atoms with Gasteiger partial charge < -0.3 is 0 Å². The van der Waals surface area contributed by atoms with Crippen LogP contribution in [0.5, 0.6) is 0 Å². The summed E-state index contributed by atoms with van der Waals surface area (Å²) in [4.78, 5) is 0. The van der Waals surface area contributed by atoms with E-state index in [1.165, 1.54) is 6.07 Å². The number of nitrogens with two attached hydrogens (primary N) is 1. The van der Waals surface area contributed by atoms with Crippen LogP contribution in [0.2, 0.25) is 0 Å². The molecule has 0 spiro atoms. The van der Waals surface area contributed by atoms with Gasteiger partial charge in [-0.3, -0.25) is 5.84 Å². The van der Waals surface area contributed by atoms with Gasteiger partial charge in [0, 0.05) is 5.56 Å². The Hall–Kier alpha value is -1.19. The minimum Gasteiger partial charge on any atom is -0.271 e. The summed E-state index contributed by atoms with van der Waals surface area (Å²) in [6, 6.07) is 4.88. The molecule has 0 bridgehead atoms. The van der Waals surface area contributed by atoms with E-state index < -0.39 is 0 Å². The molecule has 1 aromatic carbocycles. The van der Waals surface area contributed by atoms with Crippen molar-refractivity contribution in [3.63, 3.8) is 0 Å². The van der Waals surface area contributed by atoms with Gasteiger partial charge >= 0.3 is 0 Å². The van der Waals surface area contributed by atoms with Gasteiger partial charge in [0.25, 0.3) is 0 Å². The lowest BCUT2D eigenvalue weighted by molar-refractivity contribution is 0.566. The van der Waals surface area contributed by atoms with Crippen LogP contribution in [0.25, 0.3) is 0 Å². The molecule has 0 aliphatic carbocycles. The highest BCUT2D eigenvalue weighted by Crippen LogP contribution is 2.19. The van der Waals surface area contributed by atoms with E-state index in [2.05, 4.69) is 5.43 Å². The van der Waals surface area contributed by atoms with Crippen LogP contribution in [0.15, 0.2) is 29.8 Å². The fraction of sp³-hybridized carbons (Fsp3) is 0.333. The molecule has 0 aliphatic rings. The van der Waals surface area contributed by atoms with Gasteiger partial charge in [-0.1, -0.05) is 23.8 Å². The highest BCUT2D eigenvalue weighted by atomic mass is 19.1. The standard InChI is InChI=1S/C12H17FN2/c1-8(2)6-12(15-14)10-5-4-9(3)7-11(10)13/h4-7,12,15H,14H2,1-3H3. The van der Waals surface area contributed by atoms with E-state index in [0.717, 1.165) is 11.1 Å². The average Bonchev–Trinajstić information content (AvgIpc) is 2.14. The van der Waals surface area contributed by atoms with Crippen molar-refractivity contribution in [1.29, 1.82) is 0 Å². The number of halogens is 1. The predicted molar refractivity (Wildman–Crippen MR) is 60.6 cm³/mol. The van der Waals surface area contributed by atoms with Crippen LogP contribution in [0.1, 0.15) is 31.0 Å². The van der Waals surface area contributed by atoms with Crippen molar-refractivity contribution in [2.75, 3.05) is 0 Å². The maximum Gasteiger partial charge on any atom is 0.128 e. The summed E-state index contributed by atoms with van der Waals surface area (Å²) >= 11 is 0. The van der Waals surface area contributed by atoms with Crippen LogP contribution >= 0.6 is 0 Å². The van der Waals surface area contributed by atoms with E-state index in [1.54, 1.807) is 6.07 Å². The summed E-state index contributed by atoms with van der Waals surface area (Å²) in [7, 11) is 0. The molecule has 0 heterocycles. The van der Waals surface area contributed by atoms with Gasteiger partial charge in [0.1, 0.15) is 5.82 Å². The molecule has 0 amide bonds. The molecule has 0 radical (unpaired) electrons. The Morgan fingerprint density at radius 1 is 1.47 bits per heavy atom. The quantitative estimate of drug-likeness (QED) is 0.455. The van der Waals surface area contributed by atoms with Crippen molar-refractivity contribution in [2.45, 2.75) is 26.8 Å². The van der Waals surface area contributed by atoms with Gasteiger partial charge in [0.15, 0.2) is 0 Å². The van der Waals surface area contributed by atoms with Crippen molar-refractivity contribution in [3.05, 3.63) is 46.8 Å². The third kappa shape index (κ3) is 3.15. The number of allylic oxidation sites excluding steroid dienone is 1. The molecule has 3 N–H and O–H groups in total. The van der Waals surface area contributed by atoms with Crippen LogP contribution in [0, 0.1) is 12.7 Å². The smallest absolute Gasteiger partial charge is 0.128 e. The molecule has 1 aromatic rings. The molecule has 0 fully saturated rings. The fourth-order valence-electron chi connectivity index (χ4n) is 1.45. The summed E-state index contributed by atoms with van der Waals surface area (Å²) in [6.07, 6.45) is 1.90. The number of hydrazine groups is 1. The molecule has 0 saturated heterocycles. The second kappa shape index (κ2) is 5.05. The first-order chi connectivity index (χ1) is 7.04. The molecule has 82 valence electrons. The Morgan fingerprint density at radius 3 is 2.60 bits per heavy atom. The van der Waals surface area contributed by atoms with Crippen molar-refractivity contribution in [3.8, 4) is 0 Å². The van der Waals surface area contributed by atoms with Gasteiger partial charge in [-0.25, -0.2) is 9.82 Å². The van der Waals surface area contributed by atoms with Gasteiger partial charge in [-0.05, 0) is 32.4 Å². The zero-order chi connectivity index (χ0) is 11.4. The first-order valence-corrected chi connectivity index (χ1v) is 4.92. The van der Waals surface area contributed by atoms with Crippen molar-refractivity contribution in [2.24, 2.45) is 5.84 Å². The van der Waals surface area contributed by atoms with Crippen molar-refractivity contribution in [1.82, 2.24) is 5.43 Å². The molecule has 0 aromatic heterocycles. The molecular weight excluding hydrogens is 191 g/mol. The van der Waals surface area contributed by atoms with Crippen LogP contribution in [0.4, 0.5) is 4.39 Å². The highest BCUT2D eigenvalue weighted by Gasteiger charge is 2.11. The fourth-order valence-corrected chi connectivity index (χ4v) is 1.45. The first-order valence-electron chi connectivity index (χ1n) is 4.92. The number of rotatable bonds is 3. The van der Waals surface area contributed by atoms with E-state index >= 15 is 0 Å². The van der Waals surface area contributed by atoms with Gasteiger partial charge in [-0.15, -0.1) is 0 Å². The molecule has 1 atom stereocenters.